The molecule has 2 aromatic heterocycles. The zero-order chi connectivity index (χ0) is 15.7. The first-order valence-corrected chi connectivity index (χ1v) is 7.13. The molecule has 0 radical (unpaired) electrons. The highest BCUT2D eigenvalue weighted by atomic mass is 35.5. The van der Waals surface area contributed by atoms with E-state index in [-0.39, 0.29) is 10.8 Å². The number of benzene rings is 1. The fourth-order valence-corrected chi connectivity index (χ4v) is 2.47. The smallest absolute Gasteiger partial charge is 0.160 e. The van der Waals surface area contributed by atoms with Gasteiger partial charge in [0.1, 0.15) is 22.9 Å². The number of nitrogens with one attached hydrogen (secondary N) is 1. The van der Waals surface area contributed by atoms with Gasteiger partial charge in [-0.15, -0.1) is 0 Å². The third-order valence-corrected chi connectivity index (χ3v) is 3.59. The zero-order valence-electron chi connectivity index (χ0n) is 11.5. The highest BCUT2D eigenvalue weighted by Gasteiger charge is 2.11. The predicted molar refractivity (Wildman–Crippen MR) is 88.1 cm³/mol. The zero-order valence-corrected chi connectivity index (χ0v) is 13.0. The van der Waals surface area contributed by atoms with Crippen LogP contribution >= 0.6 is 23.2 Å². The largest absolute Gasteiger partial charge is 0.504 e. The SMILES string of the molecule is Cc1ccc(C=NNc2ccc3c(Cl)cc(Cl)c(O)c3n2)o1. The number of phenols is 1. The Kier molecular flexibility index (Phi) is 3.92. The lowest BCUT2D eigenvalue weighted by molar-refractivity contribution is 0.480. The summed E-state index contributed by atoms with van der Waals surface area (Å²) in [4.78, 5) is 4.26. The molecule has 0 unspecified atom stereocenters. The Labute approximate surface area is 136 Å². The van der Waals surface area contributed by atoms with Crippen molar-refractivity contribution in [2.24, 2.45) is 5.10 Å². The maximum atomic E-state index is 9.98. The lowest BCUT2D eigenvalue weighted by Gasteiger charge is -2.06. The van der Waals surface area contributed by atoms with Crippen molar-refractivity contribution in [3.05, 3.63) is 51.9 Å². The number of phenolic OH excluding ortho intramolecular Hbond substituents is 1. The molecular weight excluding hydrogens is 325 g/mol. The fourth-order valence-electron chi connectivity index (χ4n) is 1.95. The molecule has 7 heteroatoms. The summed E-state index contributed by atoms with van der Waals surface area (Å²) in [6.07, 6.45) is 1.53. The summed E-state index contributed by atoms with van der Waals surface area (Å²) in [5.74, 6) is 1.76. The minimum absolute atomic E-state index is 0.115. The Balaban J connectivity index is 1.89. The number of pyridine rings is 1. The van der Waals surface area contributed by atoms with Crippen LogP contribution in [0, 0.1) is 6.92 Å². The van der Waals surface area contributed by atoms with Gasteiger partial charge in [0.25, 0.3) is 0 Å². The van der Waals surface area contributed by atoms with E-state index in [2.05, 4.69) is 15.5 Å². The number of hydrazone groups is 1. The third-order valence-electron chi connectivity index (χ3n) is 2.99. The molecule has 2 N–H and O–H groups in total. The molecule has 0 amide bonds. The summed E-state index contributed by atoms with van der Waals surface area (Å²) in [5.41, 5.74) is 3.07. The number of aromatic hydroxyl groups is 1. The molecule has 0 aliphatic carbocycles. The van der Waals surface area contributed by atoms with Crippen molar-refractivity contribution in [1.82, 2.24) is 4.98 Å². The van der Waals surface area contributed by atoms with Crippen LogP contribution in [0.3, 0.4) is 0 Å². The van der Waals surface area contributed by atoms with Crippen LogP contribution in [0.1, 0.15) is 11.5 Å². The van der Waals surface area contributed by atoms with E-state index in [1.165, 1.54) is 12.3 Å². The van der Waals surface area contributed by atoms with E-state index in [0.29, 0.717) is 27.5 Å². The Morgan fingerprint density at radius 2 is 2.05 bits per heavy atom. The molecule has 0 spiro atoms. The third kappa shape index (κ3) is 2.86. The number of rotatable bonds is 3. The van der Waals surface area contributed by atoms with Crippen LogP contribution in [0.25, 0.3) is 10.9 Å². The van der Waals surface area contributed by atoms with E-state index < -0.39 is 0 Å². The maximum Gasteiger partial charge on any atom is 0.160 e. The van der Waals surface area contributed by atoms with Crippen LogP contribution < -0.4 is 5.43 Å². The first-order chi connectivity index (χ1) is 10.5. The quantitative estimate of drug-likeness (QED) is 0.542. The molecule has 1 aromatic carbocycles. The van der Waals surface area contributed by atoms with Crippen LogP contribution in [0.5, 0.6) is 5.75 Å². The van der Waals surface area contributed by atoms with Crippen molar-refractivity contribution in [2.75, 3.05) is 5.43 Å². The molecule has 0 bridgehead atoms. The van der Waals surface area contributed by atoms with Gasteiger partial charge in [0, 0.05) is 5.39 Å². The van der Waals surface area contributed by atoms with Gasteiger partial charge in [0.15, 0.2) is 5.75 Å². The van der Waals surface area contributed by atoms with Gasteiger partial charge in [-0.1, -0.05) is 23.2 Å². The van der Waals surface area contributed by atoms with Crippen LogP contribution in [0.2, 0.25) is 10.0 Å². The van der Waals surface area contributed by atoms with Gasteiger partial charge in [0.05, 0.1) is 16.3 Å². The van der Waals surface area contributed by atoms with Gasteiger partial charge in [-0.3, -0.25) is 5.43 Å². The first kappa shape index (κ1) is 14.7. The second-order valence-electron chi connectivity index (χ2n) is 4.60. The fraction of sp³-hybridized carbons (Fsp3) is 0.0667. The number of halogens is 2. The van der Waals surface area contributed by atoms with Crippen molar-refractivity contribution in [1.29, 1.82) is 0 Å². The van der Waals surface area contributed by atoms with E-state index in [9.17, 15) is 5.11 Å². The van der Waals surface area contributed by atoms with Gasteiger partial charge < -0.3 is 9.52 Å². The number of hydrogen-bond acceptors (Lipinski definition) is 5. The Morgan fingerprint density at radius 3 is 2.77 bits per heavy atom. The Bertz CT molecular complexity index is 875. The van der Waals surface area contributed by atoms with Crippen molar-refractivity contribution in [3.63, 3.8) is 0 Å². The van der Waals surface area contributed by atoms with E-state index in [0.717, 1.165) is 5.76 Å². The molecule has 0 fully saturated rings. The normalized spacial score (nSPS) is 11.4. The molecule has 0 aliphatic rings. The standard InChI is InChI=1S/C15H11Cl2N3O2/c1-8-2-3-9(22-8)7-18-20-13-5-4-10-11(16)6-12(17)15(21)14(10)19-13/h2-7,21H,1H3,(H,19,20). The number of aromatic nitrogens is 1. The van der Waals surface area contributed by atoms with Crippen molar-refractivity contribution in [3.8, 4) is 5.75 Å². The second-order valence-corrected chi connectivity index (χ2v) is 5.41. The van der Waals surface area contributed by atoms with Crippen LogP contribution in [-0.4, -0.2) is 16.3 Å². The van der Waals surface area contributed by atoms with Crippen LogP contribution in [0.15, 0.2) is 39.9 Å². The summed E-state index contributed by atoms with van der Waals surface area (Å²) in [5, 5.41) is 15.2. The summed E-state index contributed by atoms with van der Waals surface area (Å²) < 4.78 is 5.36. The van der Waals surface area contributed by atoms with Crippen molar-refractivity contribution < 1.29 is 9.52 Å². The predicted octanol–water partition coefficient (Wildman–Crippen LogP) is 4.59. The monoisotopic (exact) mass is 335 g/mol. The molecular formula is C15H11Cl2N3O2. The molecule has 0 saturated carbocycles. The van der Waals surface area contributed by atoms with E-state index in [1.54, 1.807) is 18.2 Å². The minimum Gasteiger partial charge on any atom is -0.504 e. The summed E-state index contributed by atoms with van der Waals surface area (Å²) in [6.45, 7) is 1.85. The molecule has 112 valence electrons. The highest BCUT2D eigenvalue weighted by Crippen LogP contribution is 2.36. The molecule has 0 atom stereocenters. The molecule has 2 heterocycles. The number of furan rings is 1. The van der Waals surface area contributed by atoms with E-state index in [1.807, 2.05) is 13.0 Å². The van der Waals surface area contributed by atoms with Gasteiger partial charge in [0.2, 0.25) is 0 Å². The second kappa shape index (κ2) is 5.87. The molecule has 5 nitrogen and oxygen atoms in total. The lowest BCUT2D eigenvalue weighted by Crippen LogP contribution is -1.94. The molecule has 3 rings (SSSR count). The van der Waals surface area contributed by atoms with Crippen LogP contribution in [0.4, 0.5) is 5.82 Å². The number of anilines is 1. The van der Waals surface area contributed by atoms with Gasteiger partial charge in [-0.2, -0.15) is 5.10 Å². The number of fused-ring (bicyclic) bond motifs is 1. The van der Waals surface area contributed by atoms with Gasteiger partial charge in [-0.25, -0.2) is 4.98 Å². The summed E-state index contributed by atoms with van der Waals surface area (Å²) in [6, 6.07) is 8.56. The molecule has 0 aliphatic heterocycles. The Morgan fingerprint density at radius 1 is 1.23 bits per heavy atom. The van der Waals surface area contributed by atoms with Crippen molar-refractivity contribution >= 4 is 46.1 Å². The number of nitrogens with zero attached hydrogens (tertiary/aromatic N) is 2. The summed E-state index contributed by atoms with van der Waals surface area (Å²) in [7, 11) is 0. The van der Waals surface area contributed by atoms with E-state index in [4.69, 9.17) is 27.6 Å². The first-order valence-electron chi connectivity index (χ1n) is 6.38. The van der Waals surface area contributed by atoms with Gasteiger partial charge in [-0.05, 0) is 37.3 Å². The summed E-state index contributed by atoms with van der Waals surface area (Å²) >= 11 is 12.0. The molecule has 0 saturated heterocycles. The van der Waals surface area contributed by atoms with E-state index >= 15 is 0 Å². The van der Waals surface area contributed by atoms with Gasteiger partial charge >= 0.3 is 0 Å². The topological polar surface area (TPSA) is 70.7 Å². The highest BCUT2D eigenvalue weighted by molar-refractivity contribution is 6.39. The lowest BCUT2D eigenvalue weighted by atomic mass is 10.2. The average molecular weight is 336 g/mol. The van der Waals surface area contributed by atoms with Crippen molar-refractivity contribution in [2.45, 2.75) is 6.92 Å². The maximum absolute atomic E-state index is 9.98. The molecule has 22 heavy (non-hydrogen) atoms. The average Bonchev–Trinajstić information content (AvgIpc) is 2.90. The number of hydrogen-bond donors (Lipinski definition) is 2. The van der Waals surface area contributed by atoms with Crippen LogP contribution in [-0.2, 0) is 0 Å². The minimum atomic E-state index is -0.115. The molecule has 3 aromatic rings. The Hall–Kier alpha value is -2.24. The number of aryl methyl sites for hydroxylation is 1.